The van der Waals surface area contributed by atoms with Crippen LogP contribution >= 0.6 is 0 Å². The molecule has 0 spiro atoms. The van der Waals surface area contributed by atoms with E-state index in [1.54, 1.807) is 30.5 Å². The highest BCUT2D eigenvalue weighted by molar-refractivity contribution is 6.20. The van der Waals surface area contributed by atoms with Crippen LogP contribution < -0.4 is 10.6 Å². The number of aliphatic hydroxyl groups excluding tert-OH is 1. The lowest BCUT2D eigenvalue weighted by Crippen LogP contribution is -2.42. The zero-order valence-corrected chi connectivity index (χ0v) is 21.2. The summed E-state index contributed by atoms with van der Waals surface area (Å²) in [6, 6.07) is 22.5. The van der Waals surface area contributed by atoms with Gasteiger partial charge in [-0.05, 0) is 36.8 Å². The number of carbonyl (C=O) groups is 2. The van der Waals surface area contributed by atoms with E-state index in [1.165, 1.54) is 29.8 Å². The second kappa shape index (κ2) is 10.2. The van der Waals surface area contributed by atoms with Crippen LogP contribution in [0.15, 0.2) is 96.2 Å². The van der Waals surface area contributed by atoms with Crippen molar-refractivity contribution in [3.63, 3.8) is 0 Å². The fraction of sp³-hybridized carbons (Fsp3) is 0.100. The number of rotatable bonds is 5. The third-order valence-corrected chi connectivity index (χ3v) is 6.61. The Bertz CT molecular complexity index is 1800. The van der Waals surface area contributed by atoms with Crippen LogP contribution in [0.4, 0.5) is 10.1 Å². The maximum absolute atomic E-state index is 15.2. The van der Waals surface area contributed by atoms with Crippen molar-refractivity contribution in [1.82, 2.24) is 19.9 Å². The van der Waals surface area contributed by atoms with Gasteiger partial charge in [0.25, 0.3) is 11.8 Å². The van der Waals surface area contributed by atoms with Crippen molar-refractivity contribution < 1.29 is 19.1 Å². The summed E-state index contributed by atoms with van der Waals surface area (Å²) in [6.45, 7) is 1.53. The number of para-hydroxylation sites is 1. The van der Waals surface area contributed by atoms with Crippen molar-refractivity contribution in [1.29, 1.82) is 0 Å². The number of amides is 2. The first-order chi connectivity index (χ1) is 19.4. The Kier molecular flexibility index (Phi) is 6.37. The van der Waals surface area contributed by atoms with Crippen LogP contribution in [0.25, 0.3) is 16.9 Å². The van der Waals surface area contributed by atoms with E-state index < -0.39 is 29.9 Å². The molecule has 9 nitrogen and oxygen atoms in total. The first-order valence-corrected chi connectivity index (χ1v) is 12.6. The van der Waals surface area contributed by atoms with Crippen molar-refractivity contribution in [2.75, 3.05) is 5.32 Å². The number of aromatic nitrogens is 3. The summed E-state index contributed by atoms with van der Waals surface area (Å²) in [5.74, 6) is -1.90. The number of aliphatic hydroxyl groups is 1. The molecule has 2 atom stereocenters. The Morgan fingerprint density at radius 1 is 1.05 bits per heavy atom. The fourth-order valence-electron chi connectivity index (χ4n) is 4.64. The van der Waals surface area contributed by atoms with Crippen molar-refractivity contribution >= 4 is 28.9 Å². The molecule has 5 aromatic rings. The minimum atomic E-state index is -1.30. The van der Waals surface area contributed by atoms with E-state index in [9.17, 15) is 14.7 Å². The standard InChI is InChI=1S/C30H23FN6O3/c1-17(38)19-12-13-20(22(31)16-19)26-24(28-32-14-7-15-37(28)36-26)29(39)35-27-30(40)33-23-11-6-5-10-21(23)25(34-27)18-8-3-2-4-9-18/h2-17,27,38H,1H3,(H,33,40)(H,35,39)/t17-,27+/m0/s1. The van der Waals surface area contributed by atoms with Crippen molar-refractivity contribution in [2.45, 2.75) is 19.2 Å². The molecule has 0 unspecified atom stereocenters. The second-order valence-corrected chi connectivity index (χ2v) is 9.28. The maximum Gasteiger partial charge on any atom is 0.269 e. The molecular weight excluding hydrogens is 511 g/mol. The highest BCUT2D eigenvalue weighted by Crippen LogP contribution is 2.30. The lowest BCUT2D eigenvalue weighted by Gasteiger charge is -2.14. The fourth-order valence-corrected chi connectivity index (χ4v) is 4.64. The largest absolute Gasteiger partial charge is 0.389 e. The van der Waals surface area contributed by atoms with E-state index in [2.05, 4.69) is 25.7 Å². The minimum absolute atomic E-state index is 0.0182. The Morgan fingerprint density at radius 3 is 2.60 bits per heavy atom. The van der Waals surface area contributed by atoms with Crippen LogP contribution in [-0.2, 0) is 4.79 Å². The van der Waals surface area contributed by atoms with Gasteiger partial charge in [0.2, 0.25) is 6.17 Å². The molecule has 0 saturated heterocycles. The zero-order chi connectivity index (χ0) is 27.8. The van der Waals surface area contributed by atoms with E-state index in [0.717, 1.165) is 5.56 Å². The summed E-state index contributed by atoms with van der Waals surface area (Å²) in [5.41, 5.74) is 3.19. The van der Waals surface area contributed by atoms with E-state index in [1.807, 2.05) is 42.5 Å². The molecule has 2 aromatic heterocycles. The first kappa shape index (κ1) is 25.1. The van der Waals surface area contributed by atoms with Crippen molar-refractivity contribution in [3.05, 3.63) is 119 Å². The summed E-state index contributed by atoms with van der Waals surface area (Å²) in [5, 5.41) is 19.8. The number of benzodiazepines with no additional fused rings is 1. The molecule has 2 amide bonds. The number of halogens is 1. The molecule has 1 aliphatic rings. The summed E-state index contributed by atoms with van der Waals surface area (Å²) >= 11 is 0. The molecule has 40 heavy (non-hydrogen) atoms. The molecule has 0 saturated carbocycles. The van der Waals surface area contributed by atoms with Crippen LogP contribution in [-0.4, -0.2) is 43.4 Å². The molecule has 6 rings (SSSR count). The molecule has 3 N–H and O–H groups in total. The van der Waals surface area contributed by atoms with Crippen molar-refractivity contribution in [2.24, 2.45) is 4.99 Å². The van der Waals surface area contributed by atoms with Gasteiger partial charge < -0.3 is 15.7 Å². The lowest BCUT2D eigenvalue weighted by molar-refractivity contribution is -0.117. The molecular formula is C30H23FN6O3. The van der Waals surface area contributed by atoms with Crippen molar-refractivity contribution in [3.8, 4) is 11.3 Å². The predicted molar refractivity (Wildman–Crippen MR) is 147 cm³/mol. The number of benzene rings is 3. The molecule has 0 bridgehead atoms. The Labute approximate surface area is 228 Å². The zero-order valence-electron chi connectivity index (χ0n) is 21.2. The van der Waals surface area contributed by atoms with E-state index in [4.69, 9.17) is 0 Å². The third kappa shape index (κ3) is 4.50. The SMILES string of the molecule is C[C@H](O)c1ccc(-c2nn3cccnc3c2C(=O)N[C@H]2N=C(c3ccccc3)c3ccccc3NC2=O)c(F)c1. The second-order valence-electron chi connectivity index (χ2n) is 9.28. The molecule has 0 fully saturated rings. The summed E-state index contributed by atoms with van der Waals surface area (Å²) < 4.78 is 16.6. The molecule has 1 aliphatic heterocycles. The maximum atomic E-state index is 15.2. The summed E-state index contributed by atoms with van der Waals surface area (Å²) in [7, 11) is 0. The van der Waals surface area contributed by atoms with Gasteiger partial charge in [0.15, 0.2) is 5.65 Å². The van der Waals surface area contributed by atoms with E-state index in [-0.39, 0.29) is 22.5 Å². The smallest absolute Gasteiger partial charge is 0.269 e. The molecule has 0 radical (unpaired) electrons. The molecule has 0 aliphatic carbocycles. The van der Waals surface area contributed by atoms with Gasteiger partial charge in [-0.3, -0.25) is 9.59 Å². The van der Waals surface area contributed by atoms with Crippen LogP contribution in [0.3, 0.4) is 0 Å². The normalized spacial score (nSPS) is 15.5. The topological polar surface area (TPSA) is 121 Å². The number of hydrogen-bond donors (Lipinski definition) is 3. The van der Waals surface area contributed by atoms with E-state index >= 15 is 4.39 Å². The Hall–Kier alpha value is -5.22. The number of hydrogen-bond acceptors (Lipinski definition) is 6. The van der Waals surface area contributed by atoms with Crippen LogP contribution in [0, 0.1) is 5.82 Å². The van der Waals surface area contributed by atoms with Gasteiger partial charge >= 0.3 is 0 Å². The highest BCUT2D eigenvalue weighted by atomic mass is 19.1. The quantitative estimate of drug-likeness (QED) is 0.313. The highest BCUT2D eigenvalue weighted by Gasteiger charge is 2.31. The summed E-state index contributed by atoms with van der Waals surface area (Å²) in [6.07, 6.45) is 0.906. The average molecular weight is 535 g/mol. The van der Waals surface area contributed by atoms with Gasteiger partial charge in [-0.15, -0.1) is 0 Å². The monoisotopic (exact) mass is 534 g/mol. The van der Waals surface area contributed by atoms with Gasteiger partial charge in [0.05, 0.1) is 17.5 Å². The van der Waals surface area contributed by atoms with Gasteiger partial charge in [-0.1, -0.05) is 54.6 Å². The van der Waals surface area contributed by atoms with Crippen LogP contribution in [0.2, 0.25) is 0 Å². The Morgan fingerprint density at radius 2 is 1.82 bits per heavy atom. The molecule has 3 aromatic carbocycles. The van der Waals surface area contributed by atoms with Crippen LogP contribution in [0.1, 0.15) is 40.1 Å². The number of fused-ring (bicyclic) bond motifs is 2. The molecule has 3 heterocycles. The minimum Gasteiger partial charge on any atom is -0.389 e. The number of nitrogens with one attached hydrogen (secondary N) is 2. The number of carbonyl (C=O) groups excluding carboxylic acids is 2. The van der Waals surface area contributed by atoms with Gasteiger partial charge in [0, 0.05) is 29.1 Å². The predicted octanol–water partition coefficient (Wildman–Crippen LogP) is 4.13. The van der Waals surface area contributed by atoms with Gasteiger partial charge in [0.1, 0.15) is 17.1 Å². The lowest BCUT2D eigenvalue weighted by atomic mass is 10.0. The van der Waals surface area contributed by atoms with Crippen LogP contribution in [0.5, 0.6) is 0 Å². The van der Waals surface area contributed by atoms with Gasteiger partial charge in [-0.25, -0.2) is 18.9 Å². The molecule has 10 heteroatoms. The number of anilines is 1. The van der Waals surface area contributed by atoms with E-state index in [0.29, 0.717) is 22.5 Å². The molecule has 198 valence electrons. The average Bonchev–Trinajstić information content (AvgIpc) is 3.28. The number of nitrogens with zero attached hydrogens (tertiary/aromatic N) is 4. The van der Waals surface area contributed by atoms with Gasteiger partial charge in [-0.2, -0.15) is 5.10 Å². The summed E-state index contributed by atoms with van der Waals surface area (Å²) in [4.78, 5) is 36.1. The first-order valence-electron chi connectivity index (χ1n) is 12.6. The number of aliphatic imine (C=N–C) groups is 1. The third-order valence-electron chi connectivity index (χ3n) is 6.61. The Balaban J connectivity index is 1.44.